The van der Waals surface area contributed by atoms with E-state index in [0.29, 0.717) is 19.0 Å². The first-order valence-corrected chi connectivity index (χ1v) is 11.6. The van der Waals surface area contributed by atoms with Gasteiger partial charge in [-0.2, -0.15) is 13.2 Å². The molecule has 0 aliphatic carbocycles. The first kappa shape index (κ1) is 28.6. The van der Waals surface area contributed by atoms with Crippen LogP contribution in [0.1, 0.15) is 56.5 Å². The van der Waals surface area contributed by atoms with Crippen molar-refractivity contribution < 1.29 is 27.1 Å². The molecule has 0 saturated heterocycles. The number of carbonyl (C=O) groups is 1. The van der Waals surface area contributed by atoms with Gasteiger partial charge >= 0.3 is 6.18 Å². The first-order chi connectivity index (χ1) is 17.0. The molecule has 1 unspecified atom stereocenters. The van der Waals surface area contributed by atoms with Crippen molar-refractivity contribution in [2.24, 2.45) is 0 Å². The van der Waals surface area contributed by atoms with Crippen molar-refractivity contribution in [1.29, 1.82) is 0 Å². The lowest BCUT2D eigenvalue weighted by molar-refractivity contribution is -0.137. The summed E-state index contributed by atoms with van der Waals surface area (Å²) in [6, 6.07) is 2.64. The predicted molar refractivity (Wildman–Crippen MR) is 130 cm³/mol. The normalized spacial score (nSPS) is 12.4. The van der Waals surface area contributed by atoms with Crippen molar-refractivity contribution in [3.8, 4) is 17.7 Å². The summed E-state index contributed by atoms with van der Waals surface area (Å²) < 4.78 is 57.9. The number of aromatic nitrogens is 2. The Labute approximate surface area is 209 Å². The molecular weight excluding hydrogens is 476 g/mol. The number of alkyl halides is 3. The van der Waals surface area contributed by atoms with Crippen LogP contribution in [0.15, 0.2) is 42.4 Å². The third-order valence-electron chi connectivity index (χ3n) is 5.36. The summed E-state index contributed by atoms with van der Waals surface area (Å²) in [4.78, 5) is 24.5. The molecule has 1 atom stereocenters. The van der Waals surface area contributed by atoms with Crippen LogP contribution in [0.4, 0.5) is 23.4 Å². The Morgan fingerprint density at radius 1 is 1.19 bits per heavy atom. The molecule has 0 aromatic carbocycles. The Morgan fingerprint density at radius 2 is 1.92 bits per heavy atom. The van der Waals surface area contributed by atoms with Crippen molar-refractivity contribution in [3.63, 3.8) is 0 Å². The lowest BCUT2D eigenvalue weighted by atomic mass is 10.1. The molecule has 2 rings (SSSR count). The third kappa shape index (κ3) is 7.44. The van der Waals surface area contributed by atoms with Crippen LogP contribution < -0.4 is 9.64 Å². The molecule has 10 heteroatoms. The number of carbonyl (C=O) groups excluding carboxylic acids is 1. The lowest BCUT2D eigenvalue weighted by Gasteiger charge is -2.30. The van der Waals surface area contributed by atoms with E-state index in [-0.39, 0.29) is 30.4 Å². The van der Waals surface area contributed by atoms with E-state index in [1.165, 1.54) is 4.90 Å². The van der Waals surface area contributed by atoms with E-state index in [1.54, 1.807) is 31.9 Å². The Hall–Kier alpha value is -3.61. The molecule has 0 aliphatic rings. The minimum Gasteiger partial charge on any atom is -0.475 e. The number of likely N-dealkylation sites (N-methyl/N-ethyl adjacent to an activating group) is 1. The monoisotopic (exact) mass is 506 g/mol. The molecule has 2 heterocycles. The fourth-order valence-corrected chi connectivity index (χ4v) is 3.40. The second-order valence-electron chi connectivity index (χ2n) is 7.88. The van der Waals surface area contributed by atoms with E-state index >= 15 is 0 Å². The highest BCUT2D eigenvalue weighted by molar-refractivity contribution is 5.99. The Morgan fingerprint density at radius 3 is 2.47 bits per heavy atom. The molecule has 6 nitrogen and oxygen atoms in total. The fourth-order valence-electron chi connectivity index (χ4n) is 3.40. The van der Waals surface area contributed by atoms with Gasteiger partial charge in [0.1, 0.15) is 18.2 Å². The number of nitrogens with zero attached hydrogens (tertiary/aromatic N) is 4. The topological polar surface area (TPSA) is 58.6 Å². The average Bonchev–Trinajstić information content (AvgIpc) is 2.85. The molecule has 0 saturated carbocycles. The predicted octanol–water partition coefficient (Wildman–Crippen LogP) is 5.71. The minimum absolute atomic E-state index is 0.00268. The van der Waals surface area contributed by atoms with E-state index in [9.17, 15) is 22.4 Å². The van der Waals surface area contributed by atoms with Crippen LogP contribution in [0, 0.1) is 17.7 Å². The van der Waals surface area contributed by atoms with Gasteiger partial charge in [0.25, 0.3) is 5.91 Å². The minimum atomic E-state index is -4.50. The van der Waals surface area contributed by atoms with Gasteiger partial charge < -0.3 is 14.5 Å². The van der Waals surface area contributed by atoms with E-state index in [4.69, 9.17) is 4.74 Å². The zero-order valence-corrected chi connectivity index (χ0v) is 21.0. The van der Waals surface area contributed by atoms with Crippen molar-refractivity contribution in [2.45, 2.75) is 52.8 Å². The Kier molecular flexibility index (Phi) is 10.3. The van der Waals surface area contributed by atoms with E-state index in [2.05, 4.69) is 21.8 Å². The zero-order valence-electron chi connectivity index (χ0n) is 21.0. The summed E-state index contributed by atoms with van der Waals surface area (Å²) in [5, 5.41) is 0. The van der Waals surface area contributed by atoms with Crippen molar-refractivity contribution >= 4 is 11.7 Å². The van der Waals surface area contributed by atoms with E-state index < -0.39 is 29.5 Å². The van der Waals surface area contributed by atoms with Gasteiger partial charge in [-0.3, -0.25) is 4.79 Å². The highest BCUT2D eigenvalue weighted by Crippen LogP contribution is 2.29. The highest BCUT2D eigenvalue weighted by Gasteiger charge is 2.31. The number of halogens is 4. The molecule has 2 aromatic heterocycles. The summed E-state index contributed by atoms with van der Waals surface area (Å²) in [7, 11) is 1.74. The van der Waals surface area contributed by atoms with Crippen LogP contribution in [-0.2, 0) is 6.18 Å². The van der Waals surface area contributed by atoms with Crippen LogP contribution in [0.2, 0.25) is 0 Å². The van der Waals surface area contributed by atoms with Gasteiger partial charge in [0, 0.05) is 44.0 Å². The number of anilines is 1. The standard InChI is InChI=1S/C26H30F4N4O2/c1-6-9-10-11-21(7-2)33(5)24-22(14-20(27)16-32-24)25(35)34(8-3)18(4)17-36-23-13-12-19(15-31-23)26(28,29)30/h11-16,18H,6-8,17H2,1-5H3/b21-11-. The Bertz CT molecular complexity index is 1120. The smallest absolute Gasteiger partial charge is 0.417 e. The molecule has 0 spiro atoms. The van der Waals surface area contributed by atoms with Gasteiger partial charge in [0.2, 0.25) is 5.88 Å². The summed E-state index contributed by atoms with van der Waals surface area (Å²) >= 11 is 0. The molecule has 0 radical (unpaired) electrons. The van der Waals surface area contributed by atoms with Gasteiger partial charge in [0.05, 0.1) is 23.4 Å². The summed E-state index contributed by atoms with van der Waals surface area (Å²) in [6.07, 6.45) is 0.295. The maximum atomic E-state index is 14.2. The summed E-state index contributed by atoms with van der Waals surface area (Å²) in [5.41, 5.74) is -0.0109. The number of hydrogen-bond donors (Lipinski definition) is 0. The Balaban J connectivity index is 2.25. The maximum absolute atomic E-state index is 14.2. The van der Waals surface area contributed by atoms with Crippen LogP contribution in [-0.4, -0.2) is 47.0 Å². The van der Waals surface area contributed by atoms with Crippen molar-refractivity contribution in [3.05, 3.63) is 59.3 Å². The SMILES string of the molecule is CCC#C/C=C(/CC)N(C)c1ncc(F)cc1C(=O)N(CC)C(C)COc1ccc(C(F)(F)F)cn1. The van der Waals surface area contributed by atoms with Crippen LogP contribution in [0.3, 0.4) is 0 Å². The number of allylic oxidation sites excluding steroid dienone is 2. The number of hydrogen-bond acceptors (Lipinski definition) is 5. The molecule has 194 valence electrons. The molecule has 0 bridgehead atoms. The van der Waals surface area contributed by atoms with Crippen LogP contribution in [0.25, 0.3) is 0 Å². The first-order valence-electron chi connectivity index (χ1n) is 11.6. The molecular formula is C26H30F4N4O2. The second kappa shape index (κ2) is 12.9. The number of rotatable bonds is 9. The highest BCUT2D eigenvalue weighted by atomic mass is 19.4. The molecule has 0 fully saturated rings. The zero-order chi connectivity index (χ0) is 26.9. The summed E-state index contributed by atoms with van der Waals surface area (Å²) in [6.45, 7) is 7.61. The van der Waals surface area contributed by atoms with Gasteiger partial charge in [-0.05, 0) is 32.4 Å². The van der Waals surface area contributed by atoms with Gasteiger partial charge in [-0.1, -0.05) is 25.7 Å². The number of ether oxygens (including phenoxy) is 1. The maximum Gasteiger partial charge on any atom is 0.417 e. The lowest BCUT2D eigenvalue weighted by Crippen LogP contribution is -2.42. The molecule has 1 amide bonds. The number of pyridine rings is 2. The molecule has 0 aliphatic heterocycles. The fraction of sp³-hybridized carbons (Fsp3) is 0.423. The van der Waals surface area contributed by atoms with Crippen LogP contribution >= 0.6 is 0 Å². The van der Waals surface area contributed by atoms with Crippen molar-refractivity contribution in [1.82, 2.24) is 14.9 Å². The van der Waals surface area contributed by atoms with Gasteiger partial charge in [-0.15, -0.1) is 0 Å². The van der Waals surface area contributed by atoms with Gasteiger partial charge in [0.15, 0.2) is 0 Å². The molecule has 2 aromatic rings. The second-order valence-corrected chi connectivity index (χ2v) is 7.88. The number of amides is 1. The van der Waals surface area contributed by atoms with E-state index in [1.807, 2.05) is 13.8 Å². The van der Waals surface area contributed by atoms with Gasteiger partial charge in [-0.25, -0.2) is 14.4 Å². The molecule has 0 N–H and O–H groups in total. The quantitative estimate of drug-likeness (QED) is 0.322. The van der Waals surface area contributed by atoms with Crippen LogP contribution in [0.5, 0.6) is 5.88 Å². The third-order valence-corrected chi connectivity index (χ3v) is 5.36. The molecule has 36 heavy (non-hydrogen) atoms. The van der Waals surface area contributed by atoms with Crippen molar-refractivity contribution in [2.75, 3.05) is 25.1 Å². The van der Waals surface area contributed by atoms with E-state index in [0.717, 1.165) is 30.1 Å². The summed E-state index contributed by atoms with van der Waals surface area (Å²) in [5.74, 6) is 5.08. The average molecular weight is 507 g/mol. The largest absolute Gasteiger partial charge is 0.475 e.